The number of carboxylic acid groups (broad SMARTS) is 1. The molecule has 0 bridgehead atoms. The molecule has 16 heteroatoms. The zero-order valence-corrected chi connectivity index (χ0v) is 28.4. The third kappa shape index (κ3) is 14.7. The lowest BCUT2D eigenvalue weighted by Gasteiger charge is -2.41. The van der Waals surface area contributed by atoms with Crippen molar-refractivity contribution < 1.29 is 44.0 Å². The van der Waals surface area contributed by atoms with Gasteiger partial charge in [0.15, 0.2) is 6.29 Å². The van der Waals surface area contributed by atoms with E-state index in [1.807, 2.05) is 11.8 Å². The summed E-state index contributed by atoms with van der Waals surface area (Å²) in [6.45, 7) is 11.0. The molecule has 6 atom stereocenters. The van der Waals surface area contributed by atoms with Gasteiger partial charge in [-0.3, -0.25) is 33.9 Å². The number of carbonyl (C=O) groups is 4. The van der Waals surface area contributed by atoms with Gasteiger partial charge in [-0.15, -0.1) is 0 Å². The van der Waals surface area contributed by atoms with E-state index in [9.17, 15) is 34.5 Å². The number of carbonyl (C=O) groups excluding carboxylic acids is 3. The first-order valence-electron chi connectivity index (χ1n) is 16.7. The summed E-state index contributed by atoms with van der Waals surface area (Å²) in [5, 5.41) is 37.9. The highest BCUT2D eigenvalue weighted by molar-refractivity contribution is 5.88. The summed E-state index contributed by atoms with van der Waals surface area (Å²) in [7, 11) is 7.57. The van der Waals surface area contributed by atoms with Crippen molar-refractivity contribution in [1.29, 1.82) is 0 Å². The Bertz CT molecular complexity index is 976. The number of carboxylic acids is 1. The lowest BCUT2D eigenvalue weighted by molar-refractivity contribution is -0.282. The topological polar surface area (TPSA) is 196 Å². The van der Waals surface area contributed by atoms with E-state index in [-0.39, 0.29) is 50.9 Å². The lowest BCUT2D eigenvalue weighted by Crippen LogP contribution is -2.54. The Kier molecular flexibility index (Phi) is 18.6. The number of hydrogen-bond acceptors (Lipinski definition) is 12. The Balaban J connectivity index is 1.88. The van der Waals surface area contributed by atoms with Gasteiger partial charge in [0.25, 0.3) is 0 Å². The number of amides is 3. The summed E-state index contributed by atoms with van der Waals surface area (Å²) >= 11 is 0. The van der Waals surface area contributed by atoms with Gasteiger partial charge in [-0.2, -0.15) is 0 Å². The minimum absolute atomic E-state index is 0.00211. The molecule has 6 N–H and O–H groups in total. The SMILES string of the molecule is [CH]N1CCN(CC)CCN(CC(=O)N[C@H](CCC(=O)NCCOC2OC(CC)C(O)C(C)C2O)C(=O)NC)CCN(CC(=O)O)CC1. The molecule has 2 aliphatic heterocycles. The second-order valence-electron chi connectivity index (χ2n) is 12.2. The molecule has 0 spiro atoms. The van der Waals surface area contributed by atoms with E-state index in [0.29, 0.717) is 52.2 Å². The first-order valence-corrected chi connectivity index (χ1v) is 16.7. The zero-order chi connectivity index (χ0) is 34.9. The third-order valence-electron chi connectivity index (χ3n) is 8.76. The molecule has 5 unspecified atom stereocenters. The van der Waals surface area contributed by atoms with Crippen molar-refractivity contribution in [3.63, 3.8) is 0 Å². The average Bonchev–Trinajstić information content (AvgIpc) is 3.04. The molecule has 47 heavy (non-hydrogen) atoms. The van der Waals surface area contributed by atoms with Gasteiger partial charge < -0.3 is 45.6 Å². The molecule has 0 aromatic heterocycles. The number of aliphatic hydroxyl groups excluding tert-OH is 2. The van der Waals surface area contributed by atoms with Gasteiger partial charge in [-0.25, -0.2) is 0 Å². The van der Waals surface area contributed by atoms with E-state index >= 15 is 0 Å². The Morgan fingerprint density at radius 3 is 2.11 bits per heavy atom. The van der Waals surface area contributed by atoms with Crippen LogP contribution >= 0.6 is 0 Å². The maximum atomic E-state index is 13.1. The van der Waals surface area contributed by atoms with Crippen molar-refractivity contribution in [2.75, 3.05) is 92.2 Å². The first-order chi connectivity index (χ1) is 22.4. The Morgan fingerprint density at radius 2 is 1.51 bits per heavy atom. The highest BCUT2D eigenvalue weighted by atomic mass is 16.7. The fraction of sp³-hybridized carbons (Fsp3) is 0.839. The van der Waals surface area contributed by atoms with E-state index < -0.39 is 48.4 Å². The van der Waals surface area contributed by atoms with E-state index in [4.69, 9.17) is 16.5 Å². The van der Waals surface area contributed by atoms with Crippen LogP contribution in [0.2, 0.25) is 0 Å². The molecule has 2 saturated heterocycles. The van der Waals surface area contributed by atoms with Gasteiger partial charge in [0.05, 0.1) is 31.9 Å². The normalized spacial score (nSPS) is 26.8. The average molecular weight is 672 g/mol. The van der Waals surface area contributed by atoms with Crippen LogP contribution in [-0.2, 0) is 28.7 Å². The minimum Gasteiger partial charge on any atom is -0.480 e. The second kappa shape index (κ2) is 21.5. The van der Waals surface area contributed by atoms with E-state index in [2.05, 4.69) is 27.8 Å². The second-order valence-corrected chi connectivity index (χ2v) is 12.2. The number of hydrogen-bond donors (Lipinski definition) is 6. The summed E-state index contributed by atoms with van der Waals surface area (Å²) in [6.07, 6.45) is -2.56. The van der Waals surface area contributed by atoms with Crippen LogP contribution in [-0.4, -0.2) is 181 Å². The molecule has 0 aromatic carbocycles. The fourth-order valence-corrected chi connectivity index (χ4v) is 5.59. The molecular weight excluding hydrogens is 614 g/mol. The molecule has 270 valence electrons. The quantitative estimate of drug-likeness (QED) is 0.101. The Morgan fingerprint density at radius 1 is 0.915 bits per heavy atom. The van der Waals surface area contributed by atoms with Crippen molar-refractivity contribution in [3.8, 4) is 0 Å². The smallest absolute Gasteiger partial charge is 0.317 e. The molecule has 2 radical (unpaired) electrons. The van der Waals surface area contributed by atoms with Crippen molar-refractivity contribution in [3.05, 3.63) is 7.05 Å². The zero-order valence-electron chi connectivity index (χ0n) is 28.4. The Hall–Kier alpha value is -2.44. The van der Waals surface area contributed by atoms with Crippen LogP contribution in [0.1, 0.15) is 40.0 Å². The van der Waals surface area contributed by atoms with Gasteiger partial charge >= 0.3 is 5.97 Å². The fourth-order valence-electron chi connectivity index (χ4n) is 5.59. The standard InChI is InChI=1S/C31H57N7O9/c1-6-24-28(43)22(3)29(44)31(47-24)46-19-10-33-25(39)9-8-23(30(45)32-4)34-26(40)20-37-16-15-36(7-2)13-11-35(5)12-14-38(18-17-37)21-27(41)42/h5,22-24,28-29,31,43-44H,6-21H2,1-4H3,(H,32,45)(H,33,39)(H,34,40)(H,41,42)/t22?,23-,24?,28?,29?,31?/m1/s1. The number of rotatable bonds is 15. The third-order valence-corrected chi connectivity index (χ3v) is 8.76. The van der Waals surface area contributed by atoms with E-state index in [1.165, 1.54) is 7.05 Å². The van der Waals surface area contributed by atoms with Crippen molar-refractivity contribution in [2.24, 2.45) is 5.92 Å². The summed E-state index contributed by atoms with van der Waals surface area (Å²) in [4.78, 5) is 57.4. The molecule has 3 amide bonds. The van der Waals surface area contributed by atoms with Crippen LogP contribution in [0.5, 0.6) is 0 Å². The van der Waals surface area contributed by atoms with Gasteiger partial charge in [0.2, 0.25) is 17.7 Å². The summed E-state index contributed by atoms with van der Waals surface area (Å²) in [5.74, 6) is -2.51. The summed E-state index contributed by atoms with van der Waals surface area (Å²) in [5.41, 5.74) is 0. The number of aliphatic carboxylic acids is 1. The number of nitrogens with one attached hydrogen (secondary N) is 3. The van der Waals surface area contributed by atoms with Crippen LogP contribution in [0.25, 0.3) is 0 Å². The number of aliphatic hydroxyl groups is 2. The van der Waals surface area contributed by atoms with Gasteiger partial charge in [-0.05, 0) is 19.4 Å². The van der Waals surface area contributed by atoms with Gasteiger partial charge in [0.1, 0.15) is 12.1 Å². The van der Waals surface area contributed by atoms with Crippen LogP contribution in [0.3, 0.4) is 0 Å². The lowest BCUT2D eigenvalue weighted by atomic mass is 9.90. The maximum absolute atomic E-state index is 13.1. The summed E-state index contributed by atoms with van der Waals surface area (Å²) < 4.78 is 11.3. The predicted octanol–water partition coefficient (Wildman–Crippen LogP) is -2.38. The van der Waals surface area contributed by atoms with Crippen molar-refractivity contribution >= 4 is 23.7 Å². The molecule has 2 fully saturated rings. The van der Waals surface area contributed by atoms with Crippen LogP contribution in [0.15, 0.2) is 0 Å². The van der Waals surface area contributed by atoms with Crippen molar-refractivity contribution in [1.82, 2.24) is 35.6 Å². The molecular formula is C31H57N7O9. The molecule has 2 rings (SSSR count). The summed E-state index contributed by atoms with van der Waals surface area (Å²) in [6, 6.07) is -0.933. The van der Waals surface area contributed by atoms with Crippen LogP contribution in [0.4, 0.5) is 0 Å². The Labute approximate surface area is 279 Å². The van der Waals surface area contributed by atoms with Gasteiger partial charge in [0, 0.05) is 85.3 Å². The maximum Gasteiger partial charge on any atom is 0.317 e. The minimum atomic E-state index is -1.01. The number of ether oxygens (including phenoxy) is 2. The van der Waals surface area contributed by atoms with E-state index in [1.54, 1.807) is 16.7 Å². The van der Waals surface area contributed by atoms with Crippen LogP contribution < -0.4 is 16.0 Å². The molecule has 0 saturated carbocycles. The number of likely N-dealkylation sites (N-methyl/N-ethyl adjacent to an activating group) is 2. The van der Waals surface area contributed by atoms with Gasteiger partial charge in [-0.1, -0.05) is 20.8 Å². The highest BCUT2D eigenvalue weighted by Gasteiger charge is 2.41. The molecule has 2 aliphatic rings. The largest absolute Gasteiger partial charge is 0.480 e. The number of nitrogens with zero attached hydrogens (tertiary/aromatic N) is 4. The van der Waals surface area contributed by atoms with Crippen LogP contribution in [0, 0.1) is 13.0 Å². The predicted molar refractivity (Wildman–Crippen MR) is 173 cm³/mol. The monoisotopic (exact) mass is 671 g/mol. The first kappa shape index (κ1) is 40.7. The van der Waals surface area contributed by atoms with Crippen molar-refractivity contribution in [2.45, 2.75) is 70.7 Å². The molecule has 2 heterocycles. The molecule has 0 aromatic rings. The highest BCUT2D eigenvalue weighted by Crippen LogP contribution is 2.28. The van der Waals surface area contributed by atoms with E-state index in [0.717, 1.165) is 13.1 Å². The molecule has 0 aliphatic carbocycles. The molecule has 16 nitrogen and oxygen atoms in total.